The Morgan fingerprint density at radius 2 is 1.84 bits per heavy atom. The Morgan fingerprint density at radius 3 is 2.44 bits per heavy atom. The van der Waals surface area contributed by atoms with Crippen LogP contribution < -0.4 is 0 Å². The molecule has 2 atom stereocenters. The topological polar surface area (TPSA) is 62.3 Å². The molecule has 0 aromatic rings. The van der Waals surface area contributed by atoms with Crippen molar-refractivity contribution in [2.45, 2.75) is 25.1 Å². The lowest BCUT2D eigenvalue weighted by molar-refractivity contribution is -0.852. The smallest absolute Gasteiger partial charge is 0.468 e. The number of rotatable bonds is 4. The molecule has 3 saturated heterocycles. The van der Waals surface area contributed by atoms with Gasteiger partial charge < -0.3 is 14.4 Å². The van der Waals surface area contributed by atoms with E-state index in [4.69, 9.17) is 9.47 Å². The zero-order valence-corrected chi connectivity index (χ0v) is 15.6. The van der Waals surface area contributed by atoms with E-state index in [-0.39, 0.29) is 18.3 Å². The number of amides is 1. The van der Waals surface area contributed by atoms with Crippen LogP contribution in [0, 0.1) is 0 Å². The summed E-state index contributed by atoms with van der Waals surface area (Å²) >= 11 is 0. The maximum atomic E-state index is 12.6. The van der Waals surface area contributed by atoms with Gasteiger partial charge in [0.15, 0.2) is 0 Å². The molecule has 2 unspecified atom stereocenters. The number of esters is 1. The normalized spacial score (nSPS) is 33.4. The predicted octanol–water partition coefficient (Wildman–Crippen LogP) is -0.206. The molecule has 3 fully saturated rings. The number of hydrogen-bond donors (Lipinski definition) is 0. The van der Waals surface area contributed by atoms with Crippen molar-refractivity contribution in [2.24, 2.45) is 0 Å². The number of methoxy groups -OCH3 is 1. The summed E-state index contributed by atoms with van der Waals surface area (Å²) in [5, 5.41) is 0. The van der Waals surface area contributed by atoms with Crippen molar-refractivity contribution in [1.82, 2.24) is 14.7 Å². The van der Waals surface area contributed by atoms with Crippen molar-refractivity contribution in [2.75, 3.05) is 73.6 Å². The van der Waals surface area contributed by atoms with Crippen LogP contribution in [0.4, 0.5) is 4.79 Å². The Kier molecular flexibility index (Phi) is 5.62. The molecule has 0 spiro atoms. The van der Waals surface area contributed by atoms with E-state index in [9.17, 15) is 9.59 Å². The van der Waals surface area contributed by atoms with E-state index < -0.39 is 0 Å². The van der Waals surface area contributed by atoms with Gasteiger partial charge in [-0.3, -0.25) is 14.6 Å². The summed E-state index contributed by atoms with van der Waals surface area (Å²) in [5.41, 5.74) is 0. The average Bonchev–Trinajstić information content (AvgIpc) is 2.92. The van der Waals surface area contributed by atoms with Gasteiger partial charge in [-0.25, -0.2) is 4.48 Å². The first-order valence-electron chi connectivity index (χ1n) is 9.20. The van der Waals surface area contributed by atoms with E-state index >= 15 is 0 Å². The molecule has 0 radical (unpaired) electrons. The van der Waals surface area contributed by atoms with Gasteiger partial charge >= 0.3 is 12.1 Å². The van der Waals surface area contributed by atoms with Crippen molar-refractivity contribution in [3.63, 3.8) is 0 Å². The summed E-state index contributed by atoms with van der Waals surface area (Å²) < 4.78 is 10.9. The summed E-state index contributed by atoms with van der Waals surface area (Å²) in [7, 11) is 5.58. The van der Waals surface area contributed by atoms with Crippen LogP contribution in [-0.4, -0.2) is 117 Å². The number of ether oxygens (including phenoxy) is 2. The van der Waals surface area contributed by atoms with Gasteiger partial charge in [0, 0.05) is 52.1 Å². The number of cyclic esters (lactones) is 1. The van der Waals surface area contributed by atoms with Crippen molar-refractivity contribution in [3.8, 4) is 0 Å². The van der Waals surface area contributed by atoms with Crippen LogP contribution in [0.15, 0.2) is 0 Å². The summed E-state index contributed by atoms with van der Waals surface area (Å²) in [5.74, 6) is -0.202. The monoisotopic (exact) mass is 355 g/mol. The summed E-state index contributed by atoms with van der Waals surface area (Å²) in [6.07, 6.45) is 1.86. The highest BCUT2D eigenvalue weighted by atomic mass is 16.6. The van der Waals surface area contributed by atoms with Gasteiger partial charge in [0.1, 0.15) is 12.6 Å². The van der Waals surface area contributed by atoms with Gasteiger partial charge in [-0.15, -0.1) is 0 Å². The standard InChI is InChI=1S/C17H31N4O4/c1-18-6-4-14(5-7-18)21(2)13-15(25-17(21)23)20-10-8-19(9-11-20)12-16(22)24-3/h14-15H,4-13H2,1-3H3/q+1. The maximum absolute atomic E-state index is 12.6. The Balaban J connectivity index is 1.53. The number of piperazine rings is 1. The third-order valence-corrected chi connectivity index (χ3v) is 6.08. The second-order valence-corrected chi connectivity index (χ2v) is 7.71. The van der Waals surface area contributed by atoms with E-state index in [1.165, 1.54) is 7.11 Å². The zero-order valence-electron chi connectivity index (χ0n) is 15.6. The number of piperidine rings is 1. The lowest BCUT2D eigenvalue weighted by atomic mass is 10.0. The lowest BCUT2D eigenvalue weighted by Crippen LogP contribution is -2.58. The minimum Gasteiger partial charge on any atom is -0.468 e. The van der Waals surface area contributed by atoms with Gasteiger partial charge in [0.25, 0.3) is 0 Å². The number of nitrogens with zero attached hydrogens (tertiary/aromatic N) is 4. The van der Waals surface area contributed by atoms with Crippen LogP contribution in [0.5, 0.6) is 0 Å². The van der Waals surface area contributed by atoms with Crippen molar-refractivity contribution < 1.29 is 23.5 Å². The van der Waals surface area contributed by atoms with Gasteiger partial charge in [0.05, 0.1) is 20.7 Å². The number of carbonyl (C=O) groups excluding carboxylic acids is 2. The minimum atomic E-state index is -0.202. The fraction of sp³-hybridized carbons (Fsp3) is 0.882. The highest BCUT2D eigenvalue weighted by molar-refractivity contribution is 5.71. The van der Waals surface area contributed by atoms with Crippen molar-refractivity contribution in [3.05, 3.63) is 0 Å². The second kappa shape index (κ2) is 7.57. The zero-order chi connectivity index (χ0) is 18.0. The number of hydrogen-bond acceptors (Lipinski definition) is 7. The minimum absolute atomic E-state index is 0.0865. The molecule has 0 bridgehead atoms. The third kappa shape index (κ3) is 3.97. The van der Waals surface area contributed by atoms with Crippen LogP contribution in [0.25, 0.3) is 0 Å². The number of carbonyl (C=O) groups is 2. The molecule has 3 aliphatic rings. The highest BCUT2D eigenvalue weighted by Crippen LogP contribution is 2.30. The van der Waals surface area contributed by atoms with Gasteiger partial charge in [-0.2, -0.15) is 4.79 Å². The third-order valence-electron chi connectivity index (χ3n) is 6.08. The predicted molar refractivity (Wildman–Crippen MR) is 91.9 cm³/mol. The van der Waals surface area contributed by atoms with Crippen LogP contribution in [-0.2, 0) is 14.3 Å². The maximum Gasteiger partial charge on any atom is 0.517 e. The summed E-state index contributed by atoms with van der Waals surface area (Å²) in [6, 6.07) is 0.356. The molecule has 8 nitrogen and oxygen atoms in total. The molecule has 8 heteroatoms. The first-order chi connectivity index (χ1) is 11.9. The van der Waals surface area contributed by atoms with E-state index in [0.29, 0.717) is 17.1 Å². The number of likely N-dealkylation sites (tertiary alicyclic amines) is 1. The van der Waals surface area contributed by atoms with Crippen LogP contribution in [0.1, 0.15) is 12.8 Å². The molecular formula is C17H31N4O4+. The van der Waals surface area contributed by atoms with E-state index in [0.717, 1.165) is 58.7 Å². The molecule has 142 valence electrons. The quantitative estimate of drug-likeness (QED) is 0.511. The largest absolute Gasteiger partial charge is 0.517 e. The molecule has 0 aliphatic carbocycles. The fourth-order valence-corrected chi connectivity index (χ4v) is 4.18. The van der Waals surface area contributed by atoms with Crippen LogP contribution in [0.2, 0.25) is 0 Å². The SMILES string of the molecule is COC(=O)CN1CCN(C2C[N+](C)(C3CCN(C)CC3)C(=O)O2)CC1. The molecule has 1 amide bonds. The van der Waals surface area contributed by atoms with Crippen LogP contribution >= 0.6 is 0 Å². The van der Waals surface area contributed by atoms with Crippen molar-refractivity contribution in [1.29, 1.82) is 0 Å². The Hall–Kier alpha value is -1.22. The molecule has 0 saturated carbocycles. The first kappa shape index (κ1) is 18.6. The van der Waals surface area contributed by atoms with Gasteiger partial charge in [0.2, 0.25) is 6.23 Å². The fourth-order valence-electron chi connectivity index (χ4n) is 4.18. The van der Waals surface area contributed by atoms with E-state index in [1.54, 1.807) is 0 Å². The Labute approximate surface area is 149 Å². The Morgan fingerprint density at radius 1 is 1.20 bits per heavy atom. The lowest BCUT2D eigenvalue weighted by Gasteiger charge is -2.39. The molecule has 3 rings (SSSR count). The molecule has 0 N–H and O–H groups in total. The molecule has 25 heavy (non-hydrogen) atoms. The molecule has 3 heterocycles. The first-order valence-corrected chi connectivity index (χ1v) is 9.20. The van der Waals surface area contributed by atoms with Crippen LogP contribution in [0.3, 0.4) is 0 Å². The molecule has 0 aromatic heterocycles. The average molecular weight is 355 g/mol. The van der Waals surface area contributed by atoms with E-state index in [1.807, 2.05) is 7.05 Å². The molecular weight excluding hydrogens is 324 g/mol. The number of likely N-dealkylation sites (N-methyl/N-ethyl adjacent to an activating group) is 1. The van der Waals surface area contributed by atoms with Crippen molar-refractivity contribution >= 4 is 12.1 Å². The summed E-state index contributed by atoms with van der Waals surface area (Å²) in [4.78, 5) is 30.7. The van der Waals surface area contributed by atoms with E-state index in [2.05, 4.69) is 21.7 Å². The second-order valence-electron chi connectivity index (χ2n) is 7.71. The summed E-state index contributed by atoms with van der Waals surface area (Å²) in [6.45, 7) is 6.35. The molecule has 3 aliphatic heterocycles. The van der Waals surface area contributed by atoms with Gasteiger partial charge in [-0.1, -0.05) is 0 Å². The number of quaternary nitrogens is 1. The Bertz CT molecular complexity index is 501. The molecule has 0 aromatic carbocycles. The highest BCUT2D eigenvalue weighted by Gasteiger charge is 2.53. The van der Waals surface area contributed by atoms with Gasteiger partial charge in [-0.05, 0) is 7.05 Å².